The maximum absolute atomic E-state index is 14.0. The summed E-state index contributed by atoms with van der Waals surface area (Å²) in [5.41, 5.74) is 4.91. The molecule has 0 bridgehead atoms. The van der Waals surface area contributed by atoms with Crippen molar-refractivity contribution in [2.24, 2.45) is 0 Å². The minimum absolute atomic E-state index is 0.257. The minimum Gasteiger partial charge on any atom is -0.497 e. The fourth-order valence-electron chi connectivity index (χ4n) is 4.18. The van der Waals surface area contributed by atoms with Crippen LogP contribution in [-0.4, -0.2) is 19.5 Å². The molecule has 0 aliphatic carbocycles. The van der Waals surface area contributed by atoms with Crippen LogP contribution >= 0.6 is 0 Å². The lowest BCUT2D eigenvalue weighted by atomic mass is 9.98. The Kier molecular flexibility index (Phi) is 5.27. The van der Waals surface area contributed by atoms with Gasteiger partial charge >= 0.3 is 0 Å². The summed E-state index contributed by atoms with van der Waals surface area (Å²) in [5, 5.41) is 0.872. The zero-order valence-electron chi connectivity index (χ0n) is 18.4. The predicted molar refractivity (Wildman–Crippen MR) is 133 cm³/mol. The van der Waals surface area contributed by atoms with E-state index in [4.69, 9.17) is 4.74 Å². The topological polar surface area (TPSA) is 48.3 Å². The molecule has 4 nitrogen and oxygen atoms in total. The molecule has 0 saturated carbocycles. The van der Waals surface area contributed by atoms with Crippen LogP contribution in [0.1, 0.15) is 5.56 Å². The van der Waals surface area contributed by atoms with E-state index in [1.807, 2.05) is 97.9 Å². The molecule has 0 radical (unpaired) electrons. The summed E-state index contributed by atoms with van der Waals surface area (Å²) in [4.78, 5) is 0.257. The van der Waals surface area contributed by atoms with Gasteiger partial charge in [0.15, 0.2) is 0 Å². The molecule has 5 rings (SSSR count). The fraction of sp³-hybridized carbons (Fsp3) is 0.0714. The Morgan fingerprint density at radius 3 is 2.00 bits per heavy atom. The molecule has 0 spiro atoms. The van der Waals surface area contributed by atoms with Crippen LogP contribution in [0.2, 0.25) is 0 Å². The first kappa shape index (κ1) is 21.0. The number of ether oxygens (including phenoxy) is 1. The average molecular weight is 454 g/mol. The number of fused-ring (bicyclic) bond motifs is 1. The maximum atomic E-state index is 14.0. The lowest BCUT2D eigenvalue weighted by molar-refractivity contribution is 0.415. The Bertz CT molecular complexity index is 1530. The van der Waals surface area contributed by atoms with Gasteiger partial charge in [0.1, 0.15) is 5.75 Å². The monoisotopic (exact) mass is 453 g/mol. The maximum Gasteiger partial charge on any atom is 0.268 e. The molecule has 33 heavy (non-hydrogen) atoms. The van der Waals surface area contributed by atoms with E-state index in [-0.39, 0.29) is 4.90 Å². The van der Waals surface area contributed by atoms with Gasteiger partial charge in [-0.1, -0.05) is 78.4 Å². The lowest BCUT2D eigenvalue weighted by Gasteiger charge is -2.14. The van der Waals surface area contributed by atoms with Crippen molar-refractivity contribution < 1.29 is 13.2 Å². The van der Waals surface area contributed by atoms with Gasteiger partial charge in [-0.3, -0.25) is 0 Å². The number of benzene rings is 4. The fourth-order valence-corrected chi connectivity index (χ4v) is 5.73. The van der Waals surface area contributed by atoms with E-state index in [2.05, 4.69) is 0 Å². The third-order valence-corrected chi connectivity index (χ3v) is 7.55. The molecular weight excluding hydrogens is 430 g/mol. The molecule has 5 aromatic rings. The van der Waals surface area contributed by atoms with Crippen molar-refractivity contribution in [3.05, 3.63) is 109 Å². The molecule has 0 aliphatic heterocycles. The van der Waals surface area contributed by atoms with Gasteiger partial charge in [-0.2, -0.15) is 0 Å². The first-order valence-corrected chi connectivity index (χ1v) is 12.1. The Hall–Kier alpha value is -3.83. The molecule has 0 fully saturated rings. The van der Waals surface area contributed by atoms with E-state index in [1.165, 1.54) is 3.97 Å². The highest BCUT2D eigenvalue weighted by molar-refractivity contribution is 7.90. The van der Waals surface area contributed by atoms with Crippen molar-refractivity contribution >= 4 is 20.9 Å². The predicted octanol–water partition coefficient (Wildman–Crippen LogP) is 6.53. The van der Waals surface area contributed by atoms with Crippen molar-refractivity contribution in [2.45, 2.75) is 11.8 Å². The average Bonchev–Trinajstić information content (AvgIpc) is 3.21. The number of aromatic nitrogens is 1. The van der Waals surface area contributed by atoms with Crippen LogP contribution in [0.4, 0.5) is 0 Å². The Balaban J connectivity index is 1.91. The van der Waals surface area contributed by atoms with Crippen molar-refractivity contribution in [1.82, 2.24) is 3.97 Å². The van der Waals surface area contributed by atoms with Crippen LogP contribution in [0.15, 0.2) is 108 Å². The molecule has 0 amide bonds. The van der Waals surface area contributed by atoms with E-state index in [1.54, 1.807) is 19.2 Å². The van der Waals surface area contributed by atoms with Crippen LogP contribution in [0.5, 0.6) is 5.75 Å². The van der Waals surface area contributed by atoms with Gasteiger partial charge in [-0.15, -0.1) is 0 Å². The van der Waals surface area contributed by atoms with Gasteiger partial charge in [0, 0.05) is 10.9 Å². The highest BCUT2D eigenvalue weighted by Crippen LogP contribution is 2.43. The molecule has 1 heterocycles. The van der Waals surface area contributed by atoms with Crippen LogP contribution in [-0.2, 0) is 10.0 Å². The largest absolute Gasteiger partial charge is 0.497 e. The van der Waals surface area contributed by atoms with Crippen LogP contribution in [0.25, 0.3) is 33.3 Å². The molecule has 0 unspecified atom stereocenters. The van der Waals surface area contributed by atoms with Crippen LogP contribution in [0, 0.1) is 6.92 Å². The van der Waals surface area contributed by atoms with Crippen LogP contribution < -0.4 is 4.74 Å². The molecule has 4 aromatic carbocycles. The van der Waals surface area contributed by atoms with Gasteiger partial charge in [0.05, 0.1) is 23.2 Å². The van der Waals surface area contributed by atoms with E-state index >= 15 is 0 Å². The van der Waals surface area contributed by atoms with E-state index in [0.29, 0.717) is 11.2 Å². The quantitative estimate of drug-likeness (QED) is 0.304. The number of aryl methyl sites for hydroxylation is 1. The smallest absolute Gasteiger partial charge is 0.268 e. The summed E-state index contributed by atoms with van der Waals surface area (Å²) in [6, 6.07) is 32.0. The number of para-hydroxylation sites is 1. The molecule has 164 valence electrons. The Labute approximate surface area is 193 Å². The number of rotatable bonds is 5. The Morgan fingerprint density at radius 2 is 1.33 bits per heavy atom. The first-order valence-electron chi connectivity index (χ1n) is 10.7. The van der Waals surface area contributed by atoms with E-state index in [9.17, 15) is 8.42 Å². The van der Waals surface area contributed by atoms with Crippen molar-refractivity contribution in [2.75, 3.05) is 7.11 Å². The summed E-state index contributed by atoms with van der Waals surface area (Å²) in [7, 11) is -2.24. The number of hydrogen-bond donors (Lipinski definition) is 0. The van der Waals surface area contributed by atoms with Gasteiger partial charge < -0.3 is 4.74 Å². The normalized spacial score (nSPS) is 11.6. The van der Waals surface area contributed by atoms with Gasteiger partial charge in [-0.25, -0.2) is 12.4 Å². The third kappa shape index (κ3) is 3.60. The zero-order valence-corrected chi connectivity index (χ0v) is 19.2. The van der Waals surface area contributed by atoms with Crippen molar-refractivity contribution in [3.8, 4) is 28.1 Å². The third-order valence-electron chi connectivity index (χ3n) is 5.82. The summed E-state index contributed by atoms with van der Waals surface area (Å²) in [5.74, 6) is 0.746. The number of nitrogens with zero attached hydrogens (tertiary/aromatic N) is 1. The highest BCUT2D eigenvalue weighted by Gasteiger charge is 2.28. The molecule has 0 N–H and O–H groups in total. The van der Waals surface area contributed by atoms with E-state index < -0.39 is 10.0 Å². The second-order valence-electron chi connectivity index (χ2n) is 7.92. The SMILES string of the molecule is COc1ccc(-c2c(-c3ccccc3)n(S(=O)(=O)c3ccc(C)cc3)c3ccccc23)cc1. The number of methoxy groups -OCH3 is 1. The second-order valence-corrected chi connectivity index (χ2v) is 9.70. The summed E-state index contributed by atoms with van der Waals surface area (Å²) in [6.07, 6.45) is 0. The lowest BCUT2D eigenvalue weighted by Crippen LogP contribution is -2.14. The van der Waals surface area contributed by atoms with E-state index in [0.717, 1.165) is 33.4 Å². The van der Waals surface area contributed by atoms with Gasteiger partial charge in [-0.05, 0) is 48.4 Å². The summed E-state index contributed by atoms with van der Waals surface area (Å²) < 4.78 is 34.9. The molecule has 1 aromatic heterocycles. The van der Waals surface area contributed by atoms with Gasteiger partial charge in [0.25, 0.3) is 10.0 Å². The van der Waals surface area contributed by atoms with Crippen molar-refractivity contribution in [3.63, 3.8) is 0 Å². The standard InChI is InChI=1S/C28H23NO3S/c1-20-12-18-24(19-13-20)33(30,31)29-26-11-7-6-10-25(26)27(21-14-16-23(32-2)17-15-21)28(29)22-8-4-3-5-9-22/h3-19H,1-2H3. The molecule has 0 atom stereocenters. The van der Waals surface area contributed by atoms with Gasteiger partial charge in [0.2, 0.25) is 0 Å². The van der Waals surface area contributed by atoms with Crippen molar-refractivity contribution in [1.29, 1.82) is 0 Å². The highest BCUT2D eigenvalue weighted by atomic mass is 32.2. The summed E-state index contributed by atoms with van der Waals surface area (Å²) in [6.45, 7) is 1.94. The minimum atomic E-state index is -3.87. The first-order chi connectivity index (χ1) is 16.0. The molecular formula is C28H23NO3S. The second kappa shape index (κ2) is 8.26. The zero-order chi connectivity index (χ0) is 23.0. The molecule has 5 heteroatoms. The molecule has 0 aliphatic rings. The Morgan fingerprint density at radius 1 is 0.697 bits per heavy atom. The molecule has 0 saturated heterocycles. The summed E-state index contributed by atoms with van der Waals surface area (Å²) >= 11 is 0. The number of hydrogen-bond acceptors (Lipinski definition) is 3. The van der Waals surface area contributed by atoms with Crippen LogP contribution in [0.3, 0.4) is 0 Å².